The van der Waals surface area contributed by atoms with E-state index in [-0.39, 0.29) is 6.04 Å². The summed E-state index contributed by atoms with van der Waals surface area (Å²) in [5.74, 6) is 5.46. The molecule has 5 heteroatoms. The van der Waals surface area contributed by atoms with E-state index in [2.05, 4.69) is 28.0 Å². The van der Waals surface area contributed by atoms with Gasteiger partial charge >= 0.3 is 0 Å². The van der Waals surface area contributed by atoms with Gasteiger partial charge in [0.25, 0.3) is 0 Å². The van der Waals surface area contributed by atoms with Crippen LogP contribution < -0.4 is 11.3 Å². The number of hydrogen-bond acceptors (Lipinski definition) is 3. The van der Waals surface area contributed by atoms with Crippen molar-refractivity contribution in [1.82, 2.24) is 5.43 Å². The first-order chi connectivity index (χ1) is 7.19. The number of halogens is 2. The van der Waals surface area contributed by atoms with E-state index in [0.29, 0.717) is 13.2 Å². The highest BCUT2D eigenvalue weighted by Gasteiger charge is 2.10. The number of nitrogens with one attached hydrogen (secondary N) is 1. The van der Waals surface area contributed by atoms with Crippen LogP contribution in [-0.4, -0.2) is 13.2 Å². The van der Waals surface area contributed by atoms with E-state index in [9.17, 15) is 0 Å². The van der Waals surface area contributed by atoms with Gasteiger partial charge in [0.1, 0.15) is 0 Å². The van der Waals surface area contributed by atoms with Crippen LogP contribution in [0.2, 0.25) is 5.02 Å². The van der Waals surface area contributed by atoms with Gasteiger partial charge in [0.15, 0.2) is 0 Å². The molecule has 0 amide bonds. The highest BCUT2D eigenvalue weighted by molar-refractivity contribution is 14.1. The smallest absolute Gasteiger partial charge is 0.0694 e. The van der Waals surface area contributed by atoms with Crippen molar-refractivity contribution >= 4 is 34.2 Å². The Morgan fingerprint density at radius 3 is 2.87 bits per heavy atom. The maximum absolute atomic E-state index is 6.03. The molecule has 0 aromatic heterocycles. The number of ether oxygens (including phenoxy) is 1. The summed E-state index contributed by atoms with van der Waals surface area (Å²) in [4.78, 5) is 0. The molecule has 15 heavy (non-hydrogen) atoms. The highest BCUT2D eigenvalue weighted by Crippen LogP contribution is 2.23. The molecule has 0 spiro atoms. The first-order valence-corrected chi connectivity index (χ1v) is 6.13. The average Bonchev–Trinajstić information content (AvgIpc) is 2.24. The van der Waals surface area contributed by atoms with Gasteiger partial charge in [0, 0.05) is 10.2 Å². The molecule has 1 rings (SSSR count). The van der Waals surface area contributed by atoms with E-state index in [1.54, 1.807) is 0 Å². The van der Waals surface area contributed by atoms with E-state index < -0.39 is 0 Å². The zero-order valence-corrected chi connectivity index (χ0v) is 11.4. The zero-order valence-electron chi connectivity index (χ0n) is 8.47. The lowest BCUT2D eigenvalue weighted by Gasteiger charge is -2.16. The van der Waals surface area contributed by atoms with Gasteiger partial charge in [-0.3, -0.25) is 11.3 Å². The number of rotatable bonds is 5. The molecule has 1 unspecified atom stereocenters. The van der Waals surface area contributed by atoms with Crippen molar-refractivity contribution in [2.45, 2.75) is 13.0 Å². The largest absolute Gasteiger partial charge is 0.380 e. The number of nitrogens with two attached hydrogens (primary N) is 1. The number of hydrazine groups is 1. The van der Waals surface area contributed by atoms with E-state index in [0.717, 1.165) is 14.2 Å². The zero-order chi connectivity index (χ0) is 11.3. The molecule has 1 atom stereocenters. The van der Waals surface area contributed by atoms with Gasteiger partial charge in [0.2, 0.25) is 0 Å². The number of benzene rings is 1. The Labute approximate surface area is 108 Å². The van der Waals surface area contributed by atoms with Crippen molar-refractivity contribution in [3.05, 3.63) is 32.4 Å². The Kier molecular flexibility index (Phi) is 5.84. The summed E-state index contributed by atoms with van der Waals surface area (Å²) >= 11 is 8.22. The Morgan fingerprint density at radius 1 is 1.60 bits per heavy atom. The number of hydrogen-bond donors (Lipinski definition) is 2. The Bertz CT molecular complexity index is 322. The molecule has 1 aromatic rings. The summed E-state index contributed by atoms with van der Waals surface area (Å²) in [6.45, 7) is 3.18. The first kappa shape index (κ1) is 13.2. The van der Waals surface area contributed by atoms with Gasteiger partial charge in [-0.25, -0.2) is 0 Å². The topological polar surface area (TPSA) is 47.3 Å². The van der Waals surface area contributed by atoms with Crippen molar-refractivity contribution in [3.8, 4) is 0 Å². The molecule has 3 N–H and O–H groups in total. The molecular weight excluding hydrogens is 326 g/mol. The van der Waals surface area contributed by atoms with Crippen LogP contribution in [0, 0.1) is 3.57 Å². The fourth-order valence-corrected chi connectivity index (χ4v) is 1.73. The second-order valence-electron chi connectivity index (χ2n) is 3.05. The van der Waals surface area contributed by atoms with Crippen molar-refractivity contribution in [1.29, 1.82) is 0 Å². The third-order valence-electron chi connectivity index (χ3n) is 2.04. The summed E-state index contributed by atoms with van der Waals surface area (Å²) in [7, 11) is 0. The molecule has 0 bridgehead atoms. The van der Waals surface area contributed by atoms with E-state index in [1.807, 2.05) is 25.1 Å². The third-order valence-corrected chi connectivity index (χ3v) is 3.61. The first-order valence-electron chi connectivity index (χ1n) is 4.67. The maximum atomic E-state index is 6.03. The Morgan fingerprint density at radius 2 is 2.33 bits per heavy atom. The molecule has 0 radical (unpaired) electrons. The Balaban J connectivity index is 2.78. The highest BCUT2D eigenvalue weighted by atomic mass is 127. The lowest BCUT2D eigenvalue weighted by atomic mass is 10.1. The average molecular weight is 341 g/mol. The molecular formula is C10H14ClIN2O. The van der Waals surface area contributed by atoms with E-state index in [1.165, 1.54) is 0 Å². The molecule has 0 fully saturated rings. The minimum Gasteiger partial charge on any atom is -0.380 e. The quantitative estimate of drug-likeness (QED) is 0.492. The molecule has 0 saturated heterocycles. The monoisotopic (exact) mass is 340 g/mol. The van der Waals surface area contributed by atoms with Gasteiger partial charge in [-0.2, -0.15) is 0 Å². The van der Waals surface area contributed by atoms with Crippen LogP contribution in [0.15, 0.2) is 18.2 Å². The van der Waals surface area contributed by atoms with Crippen molar-refractivity contribution < 1.29 is 4.74 Å². The lowest BCUT2D eigenvalue weighted by molar-refractivity contribution is 0.123. The van der Waals surface area contributed by atoms with Crippen molar-refractivity contribution in [2.24, 2.45) is 5.84 Å². The van der Waals surface area contributed by atoms with Gasteiger partial charge in [0.05, 0.1) is 17.7 Å². The molecule has 0 saturated carbocycles. The summed E-state index contributed by atoms with van der Waals surface area (Å²) in [5, 5.41) is 0.741. The summed E-state index contributed by atoms with van der Waals surface area (Å²) in [6.07, 6.45) is 0. The summed E-state index contributed by atoms with van der Waals surface area (Å²) in [5.41, 5.74) is 3.75. The molecule has 0 aliphatic carbocycles. The predicted molar refractivity (Wildman–Crippen MR) is 70.7 cm³/mol. The molecule has 0 heterocycles. The van der Waals surface area contributed by atoms with Crippen LogP contribution in [0.5, 0.6) is 0 Å². The SMILES string of the molecule is CCOCC(NN)c1ccc(I)c(Cl)c1. The molecule has 3 nitrogen and oxygen atoms in total. The molecule has 0 aliphatic rings. The van der Waals surface area contributed by atoms with Crippen LogP contribution in [0.1, 0.15) is 18.5 Å². The van der Waals surface area contributed by atoms with E-state index in [4.69, 9.17) is 22.2 Å². The van der Waals surface area contributed by atoms with Crippen LogP contribution in [-0.2, 0) is 4.74 Å². The molecule has 84 valence electrons. The van der Waals surface area contributed by atoms with Gasteiger partial charge in [-0.05, 0) is 47.2 Å². The Hall–Kier alpha value is 0.120. The fraction of sp³-hybridized carbons (Fsp3) is 0.400. The second-order valence-corrected chi connectivity index (χ2v) is 4.62. The summed E-state index contributed by atoms with van der Waals surface area (Å²) < 4.78 is 6.36. The summed E-state index contributed by atoms with van der Waals surface area (Å²) in [6, 6.07) is 5.86. The van der Waals surface area contributed by atoms with Gasteiger partial charge < -0.3 is 4.74 Å². The normalized spacial score (nSPS) is 12.8. The maximum Gasteiger partial charge on any atom is 0.0694 e. The third kappa shape index (κ3) is 3.88. The van der Waals surface area contributed by atoms with Crippen LogP contribution in [0.3, 0.4) is 0 Å². The van der Waals surface area contributed by atoms with Crippen LogP contribution >= 0.6 is 34.2 Å². The predicted octanol–water partition coefficient (Wildman–Crippen LogP) is 2.49. The van der Waals surface area contributed by atoms with Crippen molar-refractivity contribution in [3.63, 3.8) is 0 Å². The van der Waals surface area contributed by atoms with Crippen LogP contribution in [0.25, 0.3) is 0 Å². The standard InChI is InChI=1S/C10H14ClIN2O/c1-2-15-6-10(14-13)7-3-4-9(12)8(11)5-7/h3-5,10,14H,2,6,13H2,1H3. The second kappa shape index (κ2) is 6.65. The lowest BCUT2D eigenvalue weighted by Crippen LogP contribution is -2.31. The van der Waals surface area contributed by atoms with Crippen molar-refractivity contribution in [2.75, 3.05) is 13.2 Å². The van der Waals surface area contributed by atoms with Gasteiger partial charge in [-0.1, -0.05) is 17.7 Å². The van der Waals surface area contributed by atoms with Gasteiger partial charge in [-0.15, -0.1) is 0 Å². The van der Waals surface area contributed by atoms with Crippen LogP contribution in [0.4, 0.5) is 0 Å². The van der Waals surface area contributed by atoms with E-state index >= 15 is 0 Å². The molecule has 0 aliphatic heterocycles. The fourth-order valence-electron chi connectivity index (χ4n) is 1.21. The minimum absolute atomic E-state index is 0.0144. The minimum atomic E-state index is -0.0144. The molecule has 1 aromatic carbocycles.